The van der Waals surface area contributed by atoms with E-state index in [0.29, 0.717) is 0 Å². The highest BCUT2D eigenvalue weighted by molar-refractivity contribution is 5.67. The summed E-state index contributed by atoms with van der Waals surface area (Å²) in [5.41, 5.74) is -1.54. The minimum atomic E-state index is -4.51. The topological polar surface area (TPSA) is 27.0 Å². The number of alkyl halides is 6. The van der Waals surface area contributed by atoms with E-state index in [1.165, 1.54) is 0 Å². The first-order chi connectivity index (χ1) is 10.6. The smallest absolute Gasteiger partial charge is 0.248 e. The van der Waals surface area contributed by atoms with Gasteiger partial charge in [-0.3, -0.25) is 0 Å². The van der Waals surface area contributed by atoms with Crippen LogP contribution in [0.4, 0.5) is 37.7 Å². The Hall–Kier alpha value is -2.69. The van der Waals surface area contributed by atoms with Crippen molar-refractivity contribution in [3.63, 3.8) is 0 Å². The number of benzene rings is 2. The second-order valence-electron chi connectivity index (χ2n) is 4.52. The molecule has 0 heterocycles. The highest BCUT2D eigenvalue weighted by Gasteiger charge is 2.31. The molecule has 0 atom stereocenters. The molecule has 0 aliphatic heterocycles. The van der Waals surface area contributed by atoms with E-state index in [0.717, 1.165) is 53.4 Å². The Labute approximate surface area is 127 Å². The predicted molar refractivity (Wildman–Crippen MR) is 70.6 cm³/mol. The molecule has 0 aliphatic rings. The third kappa shape index (κ3) is 3.74. The van der Waals surface area contributed by atoms with Gasteiger partial charge in [-0.15, -0.1) is 0 Å². The average Bonchev–Trinajstić information content (AvgIpc) is 2.47. The van der Waals surface area contributed by atoms with Gasteiger partial charge >= 0.3 is 12.4 Å². The first-order valence-electron chi connectivity index (χ1n) is 6.17. The van der Waals surface area contributed by atoms with Crippen molar-refractivity contribution < 1.29 is 26.3 Å². The van der Waals surface area contributed by atoms with Crippen molar-refractivity contribution in [3.8, 4) is 6.19 Å². The van der Waals surface area contributed by atoms with Crippen LogP contribution in [-0.4, -0.2) is 0 Å². The van der Waals surface area contributed by atoms with E-state index in [9.17, 15) is 26.3 Å². The Balaban J connectivity index is 2.32. The lowest BCUT2D eigenvalue weighted by atomic mass is 10.1. The molecule has 0 radical (unpaired) electrons. The van der Waals surface area contributed by atoms with Gasteiger partial charge in [0.25, 0.3) is 0 Å². The second kappa shape index (κ2) is 5.83. The fourth-order valence-corrected chi connectivity index (χ4v) is 1.86. The third-order valence-electron chi connectivity index (χ3n) is 3.01. The minimum absolute atomic E-state index is 0.111. The highest BCUT2D eigenvalue weighted by atomic mass is 19.4. The van der Waals surface area contributed by atoms with Gasteiger partial charge in [-0.25, -0.2) is 4.90 Å². The average molecular weight is 330 g/mol. The van der Waals surface area contributed by atoms with Gasteiger partial charge in [0, 0.05) is 0 Å². The van der Waals surface area contributed by atoms with Gasteiger partial charge in [0.1, 0.15) is 0 Å². The maximum absolute atomic E-state index is 12.5. The molecule has 2 nitrogen and oxygen atoms in total. The van der Waals surface area contributed by atoms with Gasteiger partial charge in [-0.2, -0.15) is 31.6 Å². The summed E-state index contributed by atoms with van der Waals surface area (Å²) in [6.45, 7) is 0. The summed E-state index contributed by atoms with van der Waals surface area (Å²) in [4.78, 5) is 0.931. The summed E-state index contributed by atoms with van der Waals surface area (Å²) in [7, 11) is 0. The van der Waals surface area contributed by atoms with Crippen LogP contribution in [0.3, 0.4) is 0 Å². The van der Waals surface area contributed by atoms with E-state index in [4.69, 9.17) is 5.26 Å². The van der Waals surface area contributed by atoms with Gasteiger partial charge in [0.15, 0.2) is 6.19 Å². The van der Waals surface area contributed by atoms with Crippen LogP contribution in [0.1, 0.15) is 11.1 Å². The van der Waals surface area contributed by atoms with Crippen LogP contribution in [0.15, 0.2) is 48.5 Å². The van der Waals surface area contributed by atoms with Gasteiger partial charge in [0.05, 0.1) is 22.5 Å². The lowest BCUT2D eigenvalue weighted by Crippen LogP contribution is -2.11. The van der Waals surface area contributed by atoms with Crippen LogP contribution in [0.25, 0.3) is 0 Å². The normalized spacial score (nSPS) is 11.9. The van der Waals surface area contributed by atoms with Crippen molar-refractivity contribution in [1.82, 2.24) is 0 Å². The first kappa shape index (κ1) is 16.7. The zero-order valence-corrected chi connectivity index (χ0v) is 11.3. The Morgan fingerprint density at radius 2 is 0.957 bits per heavy atom. The third-order valence-corrected chi connectivity index (χ3v) is 3.01. The molecule has 0 aromatic heterocycles. The van der Waals surface area contributed by atoms with E-state index in [1.54, 1.807) is 6.19 Å². The second-order valence-corrected chi connectivity index (χ2v) is 4.52. The SMILES string of the molecule is N#CN(c1ccc(C(F)(F)F)cc1)c1ccc(C(F)(F)F)cc1. The van der Waals surface area contributed by atoms with E-state index in [2.05, 4.69) is 0 Å². The molecule has 0 saturated carbocycles. The lowest BCUT2D eigenvalue weighted by molar-refractivity contribution is -0.138. The lowest BCUT2D eigenvalue weighted by Gasteiger charge is -2.17. The number of nitrogens with zero attached hydrogens (tertiary/aromatic N) is 2. The van der Waals surface area contributed by atoms with Crippen LogP contribution in [0, 0.1) is 11.5 Å². The van der Waals surface area contributed by atoms with Crippen molar-refractivity contribution in [2.75, 3.05) is 4.90 Å². The Morgan fingerprint density at radius 3 is 1.17 bits per heavy atom. The van der Waals surface area contributed by atoms with Crippen molar-refractivity contribution in [2.45, 2.75) is 12.4 Å². The number of nitriles is 1. The van der Waals surface area contributed by atoms with E-state index in [-0.39, 0.29) is 11.4 Å². The quantitative estimate of drug-likeness (QED) is 0.422. The summed E-state index contributed by atoms with van der Waals surface area (Å²) in [6, 6.07) is 7.47. The zero-order chi connectivity index (χ0) is 17.3. The number of halogens is 6. The summed E-state index contributed by atoms with van der Waals surface area (Å²) in [5.74, 6) is 0. The fraction of sp³-hybridized carbons (Fsp3) is 0.133. The standard InChI is InChI=1S/C15H8F6N2/c16-14(17,18)10-1-5-12(6-2-10)23(9-22)13-7-3-11(4-8-13)15(19,20)21/h1-8H. The Morgan fingerprint density at radius 1 is 0.652 bits per heavy atom. The number of hydrogen-bond acceptors (Lipinski definition) is 2. The molecule has 0 bridgehead atoms. The largest absolute Gasteiger partial charge is 0.416 e. The first-order valence-corrected chi connectivity index (χ1v) is 6.17. The summed E-state index contributed by atoms with van der Waals surface area (Å²) < 4.78 is 75.0. The molecule has 2 aromatic carbocycles. The van der Waals surface area contributed by atoms with Crippen molar-refractivity contribution in [2.24, 2.45) is 0 Å². The highest BCUT2D eigenvalue weighted by Crippen LogP contribution is 2.34. The van der Waals surface area contributed by atoms with Crippen LogP contribution >= 0.6 is 0 Å². The van der Waals surface area contributed by atoms with E-state index >= 15 is 0 Å². The summed E-state index contributed by atoms with van der Waals surface area (Å²) >= 11 is 0. The molecular formula is C15H8F6N2. The molecule has 0 amide bonds. The van der Waals surface area contributed by atoms with Crippen LogP contribution < -0.4 is 4.90 Å². The molecule has 0 aliphatic carbocycles. The molecule has 0 spiro atoms. The van der Waals surface area contributed by atoms with Crippen molar-refractivity contribution in [1.29, 1.82) is 5.26 Å². The molecule has 0 unspecified atom stereocenters. The Kier molecular flexibility index (Phi) is 4.23. The fourth-order valence-electron chi connectivity index (χ4n) is 1.86. The predicted octanol–water partition coefficient (Wildman–Crippen LogP) is 5.34. The van der Waals surface area contributed by atoms with E-state index in [1.807, 2.05) is 0 Å². The van der Waals surface area contributed by atoms with Crippen LogP contribution in [0.5, 0.6) is 0 Å². The summed E-state index contributed by atoms with van der Waals surface area (Å²) in [6.07, 6.45) is -7.30. The number of hydrogen-bond donors (Lipinski definition) is 0. The van der Waals surface area contributed by atoms with E-state index < -0.39 is 23.5 Å². The number of anilines is 2. The van der Waals surface area contributed by atoms with Crippen LogP contribution in [-0.2, 0) is 12.4 Å². The molecule has 8 heteroatoms. The molecule has 0 N–H and O–H groups in total. The molecule has 23 heavy (non-hydrogen) atoms. The Bertz CT molecular complexity index is 651. The van der Waals surface area contributed by atoms with Gasteiger partial charge < -0.3 is 0 Å². The van der Waals surface area contributed by atoms with Crippen molar-refractivity contribution in [3.05, 3.63) is 59.7 Å². The monoisotopic (exact) mass is 330 g/mol. The van der Waals surface area contributed by atoms with Gasteiger partial charge in [-0.05, 0) is 48.5 Å². The maximum atomic E-state index is 12.5. The molecule has 120 valence electrons. The van der Waals surface area contributed by atoms with Gasteiger partial charge in [-0.1, -0.05) is 0 Å². The molecule has 2 rings (SSSR count). The van der Waals surface area contributed by atoms with Crippen molar-refractivity contribution >= 4 is 11.4 Å². The maximum Gasteiger partial charge on any atom is 0.416 e. The summed E-state index contributed by atoms with van der Waals surface area (Å²) in [5, 5.41) is 9.12. The van der Waals surface area contributed by atoms with Crippen LogP contribution in [0.2, 0.25) is 0 Å². The zero-order valence-electron chi connectivity index (χ0n) is 11.3. The molecule has 0 fully saturated rings. The molecule has 0 saturated heterocycles. The van der Waals surface area contributed by atoms with Gasteiger partial charge in [0.2, 0.25) is 0 Å². The molecule has 2 aromatic rings. The minimum Gasteiger partial charge on any atom is -0.248 e. The number of rotatable bonds is 2. The molecular weight excluding hydrogens is 322 g/mol.